The van der Waals surface area contributed by atoms with E-state index in [4.69, 9.17) is 27.9 Å². The summed E-state index contributed by atoms with van der Waals surface area (Å²) in [5.74, 6) is 0.846. The van der Waals surface area contributed by atoms with Crippen molar-refractivity contribution in [2.24, 2.45) is 0 Å². The summed E-state index contributed by atoms with van der Waals surface area (Å²) in [7, 11) is 0. The van der Waals surface area contributed by atoms with Crippen molar-refractivity contribution in [3.05, 3.63) is 62.6 Å². The zero-order chi connectivity index (χ0) is 21.3. The largest absolute Gasteiger partial charge is 0.479 e. The number of benzene rings is 2. The summed E-state index contributed by atoms with van der Waals surface area (Å²) in [5.41, 5.74) is 1.09. The van der Waals surface area contributed by atoms with Gasteiger partial charge in [-0.3, -0.25) is 14.2 Å². The fraction of sp³-hybridized carbons (Fsp3) is 0.318. The molecule has 2 heterocycles. The van der Waals surface area contributed by atoms with Crippen LogP contribution in [0.1, 0.15) is 32.0 Å². The lowest BCUT2D eigenvalue weighted by Crippen LogP contribution is -2.30. The van der Waals surface area contributed by atoms with Gasteiger partial charge in [-0.2, -0.15) is 0 Å². The second-order valence-corrected chi connectivity index (χ2v) is 8.20. The van der Waals surface area contributed by atoms with Crippen molar-refractivity contribution in [3.8, 4) is 5.75 Å². The molecule has 1 N–H and O–H groups in total. The monoisotopic (exact) mass is 445 g/mol. The summed E-state index contributed by atoms with van der Waals surface area (Å²) in [6.07, 6.45) is 3.12. The highest BCUT2D eigenvalue weighted by Gasteiger charge is 2.18. The Bertz CT molecular complexity index is 1180. The van der Waals surface area contributed by atoms with E-state index in [1.54, 1.807) is 47.9 Å². The maximum absolute atomic E-state index is 13.0. The van der Waals surface area contributed by atoms with E-state index < -0.39 is 6.10 Å². The van der Waals surface area contributed by atoms with E-state index in [1.165, 1.54) is 0 Å². The van der Waals surface area contributed by atoms with Gasteiger partial charge in [0.05, 0.1) is 15.9 Å². The Morgan fingerprint density at radius 1 is 1.17 bits per heavy atom. The zero-order valence-electron chi connectivity index (χ0n) is 16.5. The molecule has 1 amide bonds. The van der Waals surface area contributed by atoms with Crippen molar-refractivity contribution in [1.29, 1.82) is 0 Å². The molecule has 2 aromatic carbocycles. The molecule has 1 aliphatic heterocycles. The first-order valence-corrected chi connectivity index (χ1v) is 10.6. The molecule has 156 valence electrons. The number of hydrogen-bond donors (Lipinski definition) is 1. The van der Waals surface area contributed by atoms with Gasteiger partial charge >= 0.3 is 0 Å². The van der Waals surface area contributed by atoms with Crippen molar-refractivity contribution in [1.82, 2.24) is 9.55 Å². The third kappa shape index (κ3) is 4.30. The number of nitrogens with zero attached hydrogens (tertiary/aromatic N) is 2. The molecule has 0 unspecified atom stereocenters. The Morgan fingerprint density at radius 3 is 2.80 bits per heavy atom. The molecule has 0 fully saturated rings. The van der Waals surface area contributed by atoms with Gasteiger partial charge < -0.3 is 10.1 Å². The standard InChI is InChI=1S/C22H21Cl2N3O3/c1-13(30-19-9-6-14(23)11-17(19)24)21(28)25-15-7-8-18-16(12-15)22(29)27-10-4-2-3-5-20(27)26-18/h6-9,11-13H,2-5,10H2,1H3,(H,25,28)/t13-/m1/s1. The first kappa shape index (κ1) is 20.7. The summed E-state index contributed by atoms with van der Waals surface area (Å²) in [6, 6.07) is 9.98. The fourth-order valence-electron chi connectivity index (χ4n) is 3.55. The van der Waals surface area contributed by atoms with Gasteiger partial charge in [-0.15, -0.1) is 0 Å². The summed E-state index contributed by atoms with van der Waals surface area (Å²) < 4.78 is 7.41. The lowest BCUT2D eigenvalue weighted by molar-refractivity contribution is -0.122. The van der Waals surface area contributed by atoms with Gasteiger partial charge in [0.2, 0.25) is 0 Å². The van der Waals surface area contributed by atoms with Gasteiger partial charge in [0.15, 0.2) is 6.10 Å². The van der Waals surface area contributed by atoms with Crippen LogP contribution in [0.15, 0.2) is 41.2 Å². The Balaban J connectivity index is 1.55. The number of anilines is 1. The van der Waals surface area contributed by atoms with E-state index in [0.29, 0.717) is 38.9 Å². The van der Waals surface area contributed by atoms with Crippen molar-refractivity contribution in [2.45, 2.75) is 45.3 Å². The number of rotatable bonds is 4. The van der Waals surface area contributed by atoms with Crippen LogP contribution in [-0.4, -0.2) is 21.6 Å². The zero-order valence-corrected chi connectivity index (χ0v) is 18.0. The number of amides is 1. The average molecular weight is 446 g/mol. The first-order valence-electron chi connectivity index (χ1n) is 9.88. The molecule has 4 rings (SSSR count). The van der Waals surface area contributed by atoms with Gasteiger partial charge in [0.25, 0.3) is 11.5 Å². The Morgan fingerprint density at radius 2 is 2.00 bits per heavy atom. The lowest BCUT2D eigenvalue weighted by atomic mass is 10.2. The molecule has 8 heteroatoms. The minimum atomic E-state index is -0.800. The fourth-order valence-corrected chi connectivity index (χ4v) is 4.01. The molecule has 0 saturated carbocycles. The smallest absolute Gasteiger partial charge is 0.265 e. The minimum Gasteiger partial charge on any atom is -0.479 e. The van der Waals surface area contributed by atoms with E-state index in [1.807, 2.05) is 0 Å². The van der Waals surface area contributed by atoms with Gasteiger partial charge in [-0.05, 0) is 56.2 Å². The molecule has 0 saturated heterocycles. The predicted octanol–water partition coefficient (Wildman–Crippen LogP) is 4.84. The second-order valence-electron chi connectivity index (χ2n) is 7.35. The Hall–Kier alpha value is -2.57. The molecule has 1 atom stereocenters. The number of aromatic nitrogens is 2. The Kier molecular flexibility index (Phi) is 5.97. The summed E-state index contributed by atoms with van der Waals surface area (Å²) in [6.45, 7) is 2.30. The molecule has 0 radical (unpaired) electrons. The average Bonchev–Trinajstić information content (AvgIpc) is 2.96. The third-order valence-electron chi connectivity index (χ3n) is 5.15. The van der Waals surface area contributed by atoms with Crippen LogP contribution in [0.4, 0.5) is 5.69 Å². The highest BCUT2D eigenvalue weighted by Crippen LogP contribution is 2.28. The van der Waals surface area contributed by atoms with Crippen LogP contribution in [-0.2, 0) is 17.8 Å². The molecule has 30 heavy (non-hydrogen) atoms. The van der Waals surface area contributed by atoms with Gasteiger partial charge in [0, 0.05) is 23.7 Å². The lowest BCUT2D eigenvalue weighted by Gasteiger charge is -2.16. The van der Waals surface area contributed by atoms with E-state index in [9.17, 15) is 9.59 Å². The molecule has 0 spiro atoms. The summed E-state index contributed by atoms with van der Waals surface area (Å²) in [4.78, 5) is 30.2. The number of hydrogen-bond acceptors (Lipinski definition) is 4. The Labute approximate surface area is 183 Å². The first-order chi connectivity index (χ1) is 14.4. The van der Waals surface area contributed by atoms with Crippen LogP contribution < -0.4 is 15.6 Å². The molecule has 3 aromatic rings. The van der Waals surface area contributed by atoms with Crippen LogP contribution in [0.25, 0.3) is 10.9 Å². The maximum Gasteiger partial charge on any atom is 0.265 e. The van der Waals surface area contributed by atoms with E-state index >= 15 is 0 Å². The molecule has 0 bridgehead atoms. The van der Waals surface area contributed by atoms with Gasteiger partial charge in [-0.25, -0.2) is 4.98 Å². The van der Waals surface area contributed by atoms with Crippen molar-refractivity contribution < 1.29 is 9.53 Å². The SMILES string of the molecule is C[C@@H](Oc1ccc(Cl)cc1Cl)C(=O)Nc1ccc2nc3n(c(=O)c2c1)CCCCC3. The molecular weight excluding hydrogens is 425 g/mol. The number of fused-ring (bicyclic) bond motifs is 2. The van der Waals surface area contributed by atoms with Crippen LogP contribution in [0.3, 0.4) is 0 Å². The summed E-state index contributed by atoms with van der Waals surface area (Å²) >= 11 is 12.0. The van der Waals surface area contributed by atoms with Gasteiger partial charge in [0.1, 0.15) is 11.6 Å². The molecular formula is C22H21Cl2N3O3. The number of carbonyl (C=O) groups excluding carboxylic acids is 1. The van der Waals surface area contributed by atoms with Gasteiger partial charge in [-0.1, -0.05) is 29.6 Å². The topological polar surface area (TPSA) is 73.2 Å². The third-order valence-corrected chi connectivity index (χ3v) is 5.68. The second kappa shape index (κ2) is 8.66. The van der Waals surface area contributed by atoms with E-state index in [2.05, 4.69) is 10.3 Å². The number of nitrogens with one attached hydrogen (secondary N) is 1. The predicted molar refractivity (Wildman–Crippen MR) is 119 cm³/mol. The quantitative estimate of drug-likeness (QED) is 0.623. The normalized spacial score (nSPS) is 14.6. The van der Waals surface area contributed by atoms with Crippen molar-refractivity contribution >= 4 is 45.7 Å². The van der Waals surface area contributed by atoms with Crippen LogP contribution >= 0.6 is 23.2 Å². The molecule has 1 aromatic heterocycles. The molecule has 6 nitrogen and oxygen atoms in total. The molecule has 0 aliphatic carbocycles. The van der Waals surface area contributed by atoms with E-state index in [-0.39, 0.29) is 11.5 Å². The summed E-state index contributed by atoms with van der Waals surface area (Å²) in [5, 5.41) is 4.10. The highest BCUT2D eigenvalue weighted by atomic mass is 35.5. The minimum absolute atomic E-state index is 0.0646. The number of carbonyl (C=O) groups is 1. The van der Waals surface area contributed by atoms with Crippen LogP contribution in [0.2, 0.25) is 10.0 Å². The van der Waals surface area contributed by atoms with E-state index in [0.717, 1.165) is 31.5 Å². The number of halogens is 2. The van der Waals surface area contributed by atoms with Crippen molar-refractivity contribution in [3.63, 3.8) is 0 Å². The highest BCUT2D eigenvalue weighted by molar-refractivity contribution is 6.35. The van der Waals surface area contributed by atoms with Crippen LogP contribution in [0.5, 0.6) is 5.75 Å². The number of aryl methyl sites for hydroxylation is 1. The maximum atomic E-state index is 13.0. The molecule has 1 aliphatic rings. The van der Waals surface area contributed by atoms with Crippen molar-refractivity contribution in [2.75, 3.05) is 5.32 Å². The number of ether oxygens (including phenoxy) is 1. The van der Waals surface area contributed by atoms with Crippen LogP contribution in [0, 0.1) is 0 Å².